The molecular formula is C14H19NO4S. The van der Waals surface area contributed by atoms with E-state index in [0.29, 0.717) is 18.6 Å². The first-order chi connectivity index (χ1) is 9.43. The topological polar surface area (TPSA) is 63.7 Å². The maximum Gasteiger partial charge on any atom is 0.253 e. The fourth-order valence-corrected chi connectivity index (χ4v) is 4.13. The van der Waals surface area contributed by atoms with Crippen LogP contribution in [-0.2, 0) is 21.2 Å². The summed E-state index contributed by atoms with van der Waals surface area (Å²) in [7, 11) is 0.301. The Hall–Kier alpha value is -1.40. The lowest BCUT2D eigenvalue weighted by Gasteiger charge is -2.23. The molecule has 0 aliphatic carbocycles. The molecule has 0 radical (unpaired) electrons. The third kappa shape index (κ3) is 3.37. The summed E-state index contributed by atoms with van der Waals surface area (Å²) in [6.07, 6.45) is 0.520. The second-order valence-electron chi connectivity index (χ2n) is 5.10. The summed E-state index contributed by atoms with van der Waals surface area (Å²) in [4.78, 5) is 13.8. The van der Waals surface area contributed by atoms with E-state index in [1.54, 1.807) is 26.3 Å². The molecule has 6 heteroatoms. The quantitative estimate of drug-likeness (QED) is 0.834. The van der Waals surface area contributed by atoms with E-state index in [4.69, 9.17) is 4.74 Å². The first kappa shape index (κ1) is 15.0. The van der Waals surface area contributed by atoms with Crippen molar-refractivity contribution in [2.24, 2.45) is 0 Å². The zero-order valence-electron chi connectivity index (χ0n) is 11.7. The largest absolute Gasteiger partial charge is 0.380 e. The maximum atomic E-state index is 12.3. The van der Waals surface area contributed by atoms with Crippen LogP contribution in [0.4, 0.5) is 0 Å². The van der Waals surface area contributed by atoms with Crippen molar-refractivity contribution in [3.05, 3.63) is 35.4 Å². The van der Waals surface area contributed by atoms with Gasteiger partial charge in [0, 0.05) is 25.8 Å². The predicted octanol–water partition coefficient (Wildman–Crippen LogP) is 1.09. The molecule has 1 aliphatic rings. The van der Waals surface area contributed by atoms with Gasteiger partial charge in [-0.05, 0) is 24.1 Å². The third-order valence-corrected chi connectivity index (χ3v) is 5.34. The van der Waals surface area contributed by atoms with Crippen LogP contribution in [0.5, 0.6) is 0 Å². The minimum absolute atomic E-state index is 0.0665. The highest BCUT2D eigenvalue weighted by Gasteiger charge is 2.32. The normalized spacial score (nSPS) is 20.8. The Morgan fingerprint density at radius 1 is 1.35 bits per heavy atom. The summed E-state index contributed by atoms with van der Waals surface area (Å²) in [5.41, 5.74) is 1.56. The van der Waals surface area contributed by atoms with Gasteiger partial charge in [0.2, 0.25) is 0 Å². The smallest absolute Gasteiger partial charge is 0.253 e. The molecule has 1 amide bonds. The van der Waals surface area contributed by atoms with Crippen molar-refractivity contribution in [2.45, 2.75) is 19.1 Å². The lowest BCUT2D eigenvalue weighted by atomic mass is 10.1. The van der Waals surface area contributed by atoms with Gasteiger partial charge in [-0.25, -0.2) is 8.42 Å². The second-order valence-corrected chi connectivity index (χ2v) is 7.33. The van der Waals surface area contributed by atoms with Crippen LogP contribution in [0.25, 0.3) is 0 Å². The second kappa shape index (κ2) is 5.93. The molecule has 20 heavy (non-hydrogen) atoms. The van der Waals surface area contributed by atoms with Crippen molar-refractivity contribution in [2.75, 3.05) is 25.7 Å². The third-order valence-electron chi connectivity index (χ3n) is 3.59. The number of methoxy groups -OCH3 is 1. The van der Waals surface area contributed by atoms with Gasteiger partial charge in [0.1, 0.15) is 0 Å². The Labute approximate surface area is 119 Å². The molecule has 1 saturated heterocycles. The van der Waals surface area contributed by atoms with E-state index in [2.05, 4.69) is 0 Å². The van der Waals surface area contributed by atoms with Crippen molar-refractivity contribution in [3.8, 4) is 0 Å². The molecule has 1 aromatic rings. The number of hydrogen-bond donors (Lipinski definition) is 0. The molecule has 1 heterocycles. The Kier molecular flexibility index (Phi) is 4.45. The highest BCUT2D eigenvalue weighted by Crippen LogP contribution is 2.18. The van der Waals surface area contributed by atoms with Crippen LogP contribution in [0.15, 0.2) is 24.3 Å². The number of nitrogens with zero attached hydrogens (tertiary/aromatic N) is 1. The van der Waals surface area contributed by atoms with Crippen molar-refractivity contribution in [1.29, 1.82) is 0 Å². The number of carbonyl (C=O) groups excluding carboxylic acids is 1. The molecule has 110 valence electrons. The first-order valence-electron chi connectivity index (χ1n) is 6.48. The van der Waals surface area contributed by atoms with E-state index in [0.717, 1.165) is 5.56 Å². The maximum absolute atomic E-state index is 12.3. The molecular weight excluding hydrogens is 278 g/mol. The first-order valence-corrected chi connectivity index (χ1v) is 8.30. The lowest BCUT2D eigenvalue weighted by molar-refractivity contribution is 0.0747. The van der Waals surface area contributed by atoms with E-state index in [1.807, 2.05) is 12.1 Å². The van der Waals surface area contributed by atoms with Crippen LogP contribution in [0, 0.1) is 0 Å². The fraction of sp³-hybridized carbons (Fsp3) is 0.500. The average molecular weight is 297 g/mol. The van der Waals surface area contributed by atoms with Gasteiger partial charge < -0.3 is 9.64 Å². The zero-order chi connectivity index (χ0) is 14.8. The highest BCUT2D eigenvalue weighted by molar-refractivity contribution is 7.91. The standard InChI is InChI=1S/C14H19NO4S/c1-15(13-7-8-20(17,18)10-13)14(16)12-5-3-11(4-6-12)9-19-2/h3-6,13H,7-10H2,1-2H3/t13-/m1/s1. The van der Waals surface area contributed by atoms with Crippen LogP contribution >= 0.6 is 0 Å². The number of benzene rings is 1. The minimum Gasteiger partial charge on any atom is -0.380 e. The van der Waals surface area contributed by atoms with E-state index in [9.17, 15) is 13.2 Å². The van der Waals surface area contributed by atoms with Gasteiger partial charge >= 0.3 is 0 Å². The Balaban J connectivity index is 2.07. The summed E-state index contributed by atoms with van der Waals surface area (Å²) in [6.45, 7) is 0.505. The summed E-state index contributed by atoms with van der Waals surface area (Å²) in [5, 5.41) is 0. The van der Waals surface area contributed by atoms with Crippen molar-refractivity contribution in [1.82, 2.24) is 4.90 Å². The van der Waals surface area contributed by atoms with E-state index >= 15 is 0 Å². The van der Waals surface area contributed by atoms with Crippen molar-refractivity contribution < 1.29 is 17.9 Å². The number of rotatable bonds is 4. The molecule has 0 unspecified atom stereocenters. The van der Waals surface area contributed by atoms with Gasteiger partial charge in [0.25, 0.3) is 5.91 Å². The Bertz CT molecular complexity index is 580. The molecule has 0 aromatic heterocycles. The molecule has 1 aromatic carbocycles. The van der Waals surface area contributed by atoms with Gasteiger partial charge in [-0.1, -0.05) is 12.1 Å². The molecule has 0 bridgehead atoms. The number of carbonyl (C=O) groups is 1. The molecule has 2 rings (SSSR count). The van der Waals surface area contributed by atoms with Crippen molar-refractivity contribution in [3.63, 3.8) is 0 Å². The van der Waals surface area contributed by atoms with Gasteiger partial charge in [0.05, 0.1) is 18.1 Å². The van der Waals surface area contributed by atoms with Gasteiger partial charge in [-0.3, -0.25) is 4.79 Å². The number of amides is 1. The number of ether oxygens (including phenoxy) is 1. The molecule has 0 spiro atoms. The molecule has 5 nitrogen and oxygen atoms in total. The molecule has 0 N–H and O–H groups in total. The molecule has 1 atom stereocenters. The Morgan fingerprint density at radius 2 is 2.00 bits per heavy atom. The van der Waals surface area contributed by atoms with Gasteiger partial charge in [-0.2, -0.15) is 0 Å². The molecule has 0 saturated carbocycles. The molecule has 1 aliphatic heterocycles. The number of hydrogen-bond acceptors (Lipinski definition) is 4. The van der Waals surface area contributed by atoms with Crippen LogP contribution in [0.3, 0.4) is 0 Å². The summed E-state index contributed by atoms with van der Waals surface area (Å²) in [5.74, 6) is 0.0926. The van der Waals surface area contributed by atoms with E-state index in [1.165, 1.54) is 4.90 Å². The lowest BCUT2D eigenvalue weighted by Crippen LogP contribution is -2.37. The number of sulfone groups is 1. The summed E-state index contributed by atoms with van der Waals surface area (Å²) >= 11 is 0. The van der Waals surface area contributed by atoms with Crippen LogP contribution in [0.1, 0.15) is 22.3 Å². The fourth-order valence-electron chi connectivity index (χ4n) is 2.36. The van der Waals surface area contributed by atoms with Crippen LogP contribution < -0.4 is 0 Å². The van der Waals surface area contributed by atoms with Gasteiger partial charge in [0.15, 0.2) is 9.84 Å². The Morgan fingerprint density at radius 3 is 2.50 bits per heavy atom. The van der Waals surface area contributed by atoms with E-state index < -0.39 is 9.84 Å². The van der Waals surface area contributed by atoms with Crippen LogP contribution in [0.2, 0.25) is 0 Å². The zero-order valence-corrected chi connectivity index (χ0v) is 12.5. The summed E-state index contributed by atoms with van der Waals surface area (Å²) in [6, 6.07) is 6.96. The summed E-state index contributed by atoms with van der Waals surface area (Å²) < 4.78 is 28.0. The van der Waals surface area contributed by atoms with Crippen molar-refractivity contribution >= 4 is 15.7 Å². The van der Waals surface area contributed by atoms with Crippen LogP contribution in [-0.4, -0.2) is 50.9 Å². The molecule has 1 fully saturated rings. The van der Waals surface area contributed by atoms with E-state index in [-0.39, 0.29) is 23.5 Å². The minimum atomic E-state index is -2.98. The predicted molar refractivity (Wildman–Crippen MR) is 76.3 cm³/mol. The average Bonchev–Trinajstić information content (AvgIpc) is 2.79. The highest BCUT2D eigenvalue weighted by atomic mass is 32.2. The monoisotopic (exact) mass is 297 g/mol. The SMILES string of the molecule is COCc1ccc(C(=O)N(C)[C@@H]2CCS(=O)(=O)C2)cc1. The van der Waals surface area contributed by atoms with Gasteiger partial charge in [-0.15, -0.1) is 0 Å².